The molecule has 8 heteroatoms. The van der Waals surface area contributed by atoms with Crippen molar-refractivity contribution < 1.29 is 14.7 Å². The Bertz CT molecular complexity index is 745. The molecule has 2 aromatic rings. The molecule has 0 unspecified atom stereocenters. The monoisotopic (exact) mass is 325 g/mol. The summed E-state index contributed by atoms with van der Waals surface area (Å²) in [4.78, 5) is 28.0. The summed E-state index contributed by atoms with van der Waals surface area (Å²) in [6.45, 7) is 0. The van der Waals surface area contributed by atoms with Gasteiger partial charge in [-0.15, -0.1) is 11.3 Å². The molecule has 0 aromatic carbocycles. The fourth-order valence-corrected chi connectivity index (χ4v) is 3.29. The molecule has 2 heterocycles. The summed E-state index contributed by atoms with van der Waals surface area (Å²) in [5, 5.41) is 13.9. The third-order valence-electron chi connectivity index (χ3n) is 3.63. The molecule has 1 amide bonds. The molecule has 0 radical (unpaired) electrons. The molecule has 2 N–H and O–H groups in total. The molecule has 1 aliphatic carbocycles. The van der Waals surface area contributed by atoms with E-state index in [4.69, 9.17) is 16.7 Å². The average Bonchev–Trinajstić information content (AvgIpc) is 2.91. The van der Waals surface area contributed by atoms with E-state index in [-0.39, 0.29) is 0 Å². The summed E-state index contributed by atoms with van der Waals surface area (Å²) in [5.74, 6) is -1.43. The van der Waals surface area contributed by atoms with E-state index in [1.165, 1.54) is 17.4 Å². The fourth-order valence-electron chi connectivity index (χ4n) is 2.28. The molecule has 1 fully saturated rings. The van der Waals surface area contributed by atoms with Gasteiger partial charge in [0.25, 0.3) is 0 Å². The van der Waals surface area contributed by atoms with E-state index in [9.17, 15) is 9.59 Å². The number of hydrogen-bond donors (Lipinski definition) is 2. The van der Waals surface area contributed by atoms with Crippen molar-refractivity contribution in [2.24, 2.45) is 0 Å². The summed E-state index contributed by atoms with van der Waals surface area (Å²) in [6, 6.07) is 0. The smallest absolute Gasteiger partial charge is 0.329 e. The molecule has 2 aromatic heterocycles. The van der Waals surface area contributed by atoms with Crippen molar-refractivity contribution in [3.05, 3.63) is 28.5 Å². The van der Waals surface area contributed by atoms with Crippen LogP contribution in [-0.4, -0.2) is 31.9 Å². The highest BCUT2D eigenvalue weighted by Crippen LogP contribution is 2.32. The predicted octanol–water partition coefficient (Wildman–Crippen LogP) is 2.19. The van der Waals surface area contributed by atoms with Crippen molar-refractivity contribution >= 4 is 45.9 Å². The van der Waals surface area contributed by atoms with Crippen molar-refractivity contribution in [1.82, 2.24) is 14.7 Å². The number of nitrogens with one attached hydrogen (secondary N) is 1. The maximum absolute atomic E-state index is 11.9. The zero-order chi connectivity index (χ0) is 15.0. The number of aliphatic carboxylic acids is 1. The van der Waals surface area contributed by atoms with Gasteiger partial charge in [-0.3, -0.25) is 9.20 Å². The van der Waals surface area contributed by atoms with Gasteiger partial charge in [-0.25, -0.2) is 9.78 Å². The molecule has 3 rings (SSSR count). The number of aromatic nitrogens is 2. The highest BCUT2D eigenvalue weighted by atomic mass is 35.5. The molecule has 21 heavy (non-hydrogen) atoms. The van der Waals surface area contributed by atoms with Gasteiger partial charge in [-0.05, 0) is 25.3 Å². The lowest BCUT2D eigenvalue weighted by Crippen LogP contribution is -2.58. The minimum atomic E-state index is -1.11. The number of carboxylic acids is 1. The molecule has 110 valence electrons. The van der Waals surface area contributed by atoms with Gasteiger partial charge in [0.05, 0.1) is 5.69 Å². The van der Waals surface area contributed by atoms with Crippen LogP contribution >= 0.6 is 22.9 Å². The lowest BCUT2D eigenvalue weighted by Gasteiger charge is -2.37. The third kappa shape index (κ3) is 2.43. The van der Waals surface area contributed by atoms with Gasteiger partial charge in [0.2, 0.25) is 5.91 Å². The number of halogens is 1. The SMILES string of the molecule is O=C(/C=C/c1c(Cl)nc2sccn12)NC1(C(=O)O)CCC1. The molecular formula is C13H12ClN3O3S. The standard InChI is InChI=1S/C13H12ClN3O3S/c14-10-8(17-6-7-21-12(17)15-10)2-3-9(18)16-13(11(19)20)4-1-5-13/h2-3,6-7H,1,4-5H2,(H,16,18)(H,19,20)/b3-2+. The molecule has 0 spiro atoms. The molecule has 0 saturated heterocycles. The van der Waals surface area contributed by atoms with E-state index in [1.807, 2.05) is 5.38 Å². The van der Waals surface area contributed by atoms with E-state index in [0.717, 1.165) is 11.4 Å². The minimum Gasteiger partial charge on any atom is -0.480 e. The van der Waals surface area contributed by atoms with Crippen LogP contribution in [0.15, 0.2) is 17.7 Å². The van der Waals surface area contributed by atoms with Gasteiger partial charge < -0.3 is 10.4 Å². The molecule has 0 atom stereocenters. The van der Waals surface area contributed by atoms with Crippen LogP contribution < -0.4 is 5.32 Å². The van der Waals surface area contributed by atoms with Crippen LogP contribution in [0.4, 0.5) is 0 Å². The Hall–Kier alpha value is -1.86. The first-order chi connectivity index (χ1) is 10.0. The van der Waals surface area contributed by atoms with Crippen LogP contribution in [-0.2, 0) is 9.59 Å². The quantitative estimate of drug-likeness (QED) is 0.844. The molecule has 1 aliphatic rings. The van der Waals surface area contributed by atoms with Gasteiger partial charge in [-0.1, -0.05) is 11.6 Å². The molecule has 0 aliphatic heterocycles. The Labute approximate surface area is 129 Å². The van der Waals surface area contributed by atoms with Crippen LogP contribution in [0.2, 0.25) is 5.15 Å². The van der Waals surface area contributed by atoms with Crippen molar-refractivity contribution in [3.8, 4) is 0 Å². The average molecular weight is 326 g/mol. The molecule has 1 saturated carbocycles. The van der Waals surface area contributed by atoms with E-state index < -0.39 is 17.4 Å². The number of thiazole rings is 1. The number of carbonyl (C=O) groups is 2. The summed E-state index contributed by atoms with van der Waals surface area (Å²) >= 11 is 7.45. The number of carbonyl (C=O) groups excluding carboxylic acids is 1. The summed E-state index contributed by atoms with van der Waals surface area (Å²) in [6.07, 6.45) is 6.37. The number of imidazole rings is 1. The molecular weight excluding hydrogens is 314 g/mol. The Morgan fingerprint density at radius 1 is 1.52 bits per heavy atom. The van der Waals surface area contributed by atoms with Crippen LogP contribution in [0.5, 0.6) is 0 Å². The van der Waals surface area contributed by atoms with Crippen LogP contribution in [0, 0.1) is 0 Å². The second kappa shape index (κ2) is 5.16. The first kappa shape index (κ1) is 14.1. The summed E-state index contributed by atoms with van der Waals surface area (Å²) in [5.41, 5.74) is -0.513. The third-order valence-corrected chi connectivity index (χ3v) is 4.66. The predicted molar refractivity (Wildman–Crippen MR) is 79.5 cm³/mol. The van der Waals surface area contributed by atoms with Crippen molar-refractivity contribution in [2.75, 3.05) is 0 Å². The second-order valence-corrected chi connectivity index (χ2v) is 6.14. The van der Waals surface area contributed by atoms with Gasteiger partial charge in [0, 0.05) is 17.7 Å². The minimum absolute atomic E-state index is 0.308. The lowest BCUT2D eigenvalue weighted by molar-refractivity contribution is -0.151. The van der Waals surface area contributed by atoms with Crippen LogP contribution in [0.1, 0.15) is 25.0 Å². The van der Waals surface area contributed by atoms with Crippen LogP contribution in [0.3, 0.4) is 0 Å². The van der Waals surface area contributed by atoms with E-state index in [0.29, 0.717) is 23.7 Å². The summed E-state index contributed by atoms with van der Waals surface area (Å²) < 4.78 is 1.77. The zero-order valence-corrected chi connectivity index (χ0v) is 12.4. The Kier molecular flexibility index (Phi) is 3.46. The maximum atomic E-state index is 11.9. The Morgan fingerprint density at radius 3 is 2.90 bits per heavy atom. The normalized spacial score (nSPS) is 17.0. The van der Waals surface area contributed by atoms with Gasteiger partial charge >= 0.3 is 5.97 Å². The second-order valence-electron chi connectivity index (χ2n) is 4.91. The number of rotatable bonds is 4. The topological polar surface area (TPSA) is 83.7 Å². The summed E-state index contributed by atoms with van der Waals surface area (Å²) in [7, 11) is 0. The highest BCUT2D eigenvalue weighted by Gasteiger charge is 2.45. The van der Waals surface area contributed by atoms with Crippen molar-refractivity contribution in [3.63, 3.8) is 0 Å². The van der Waals surface area contributed by atoms with Gasteiger partial charge in [0.1, 0.15) is 5.54 Å². The van der Waals surface area contributed by atoms with E-state index in [2.05, 4.69) is 10.3 Å². The number of amides is 1. The Balaban J connectivity index is 1.77. The fraction of sp³-hybridized carbons (Fsp3) is 0.308. The van der Waals surface area contributed by atoms with Crippen LogP contribution in [0.25, 0.3) is 11.0 Å². The van der Waals surface area contributed by atoms with E-state index in [1.54, 1.807) is 16.7 Å². The number of carboxylic acid groups (broad SMARTS) is 1. The van der Waals surface area contributed by atoms with Crippen molar-refractivity contribution in [1.29, 1.82) is 0 Å². The largest absolute Gasteiger partial charge is 0.480 e. The number of fused-ring (bicyclic) bond motifs is 1. The lowest BCUT2D eigenvalue weighted by atomic mass is 9.77. The van der Waals surface area contributed by atoms with E-state index >= 15 is 0 Å². The molecule has 6 nitrogen and oxygen atoms in total. The first-order valence-electron chi connectivity index (χ1n) is 6.36. The Morgan fingerprint density at radius 2 is 2.29 bits per heavy atom. The number of nitrogens with zero attached hydrogens (tertiary/aromatic N) is 2. The zero-order valence-electron chi connectivity index (χ0n) is 10.9. The van der Waals surface area contributed by atoms with Crippen molar-refractivity contribution in [2.45, 2.75) is 24.8 Å². The maximum Gasteiger partial charge on any atom is 0.329 e. The highest BCUT2D eigenvalue weighted by molar-refractivity contribution is 7.15. The first-order valence-corrected chi connectivity index (χ1v) is 7.62. The van der Waals surface area contributed by atoms with Gasteiger partial charge in [-0.2, -0.15) is 0 Å². The van der Waals surface area contributed by atoms with Gasteiger partial charge in [0.15, 0.2) is 10.1 Å². The molecule has 0 bridgehead atoms. The number of hydrogen-bond acceptors (Lipinski definition) is 4.